The predicted octanol–water partition coefficient (Wildman–Crippen LogP) is 1.94. The van der Waals surface area contributed by atoms with Gasteiger partial charge >= 0.3 is 5.97 Å². The highest BCUT2D eigenvalue weighted by Gasteiger charge is 2.15. The molecule has 0 bridgehead atoms. The first-order valence-corrected chi connectivity index (χ1v) is 4.69. The molecule has 1 heterocycles. The first kappa shape index (κ1) is 9.58. The van der Waals surface area contributed by atoms with E-state index in [2.05, 4.69) is 4.98 Å². The average Bonchev–Trinajstić information content (AvgIpc) is 2.58. The number of benzene rings is 1. The van der Waals surface area contributed by atoms with E-state index in [0.29, 0.717) is 11.4 Å². The van der Waals surface area contributed by atoms with Crippen molar-refractivity contribution in [3.8, 4) is 0 Å². The third-order valence-electron chi connectivity index (χ3n) is 2.50. The van der Waals surface area contributed by atoms with Crippen LogP contribution in [0.5, 0.6) is 0 Å². The Morgan fingerprint density at radius 3 is 2.87 bits per heavy atom. The van der Waals surface area contributed by atoms with E-state index in [0.717, 1.165) is 10.9 Å². The number of nitrogens with two attached hydrogens (primary N) is 1. The van der Waals surface area contributed by atoms with Crippen molar-refractivity contribution in [2.45, 2.75) is 12.8 Å². The standard InChI is InChI=1S/C11H12N2O2/c1-6(11(14)15)10-5-7-4-8(12)2-3-9(7)13-10/h2-6,13H,12H2,1H3,(H,14,15). The lowest BCUT2D eigenvalue weighted by atomic mass is 10.1. The zero-order valence-electron chi connectivity index (χ0n) is 8.32. The molecule has 0 amide bonds. The van der Waals surface area contributed by atoms with Gasteiger partial charge in [-0.1, -0.05) is 0 Å². The molecule has 2 rings (SSSR count). The number of aromatic amines is 1. The number of hydrogen-bond donors (Lipinski definition) is 3. The molecule has 0 saturated carbocycles. The van der Waals surface area contributed by atoms with Crippen molar-refractivity contribution >= 4 is 22.6 Å². The Bertz CT molecular complexity index is 516. The van der Waals surface area contributed by atoms with E-state index in [4.69, 9.17) is 10.8 Å². The van der Waals surface area contributed by atoms with Crippen molar-refractivity contribution in [1.82, 2.24) is 4.98 Å². The molecule has 0 saturated heterocycles. The second-order valence-electron chi connectivity index (χ2n) is 3.63. The summed E-state index contributed by atoms with van der Waals surface area (Å²) in [5.74, 6) is -1.37. The van der Waals surface area contributed by atoms with Crippen LogP contribution in [0.2, 0.25) is 0 Å². The number of aliphatic carboxylic acids is 1. The Kier molecular flexibility index (Phi) is 2.11. The third kappa shape index (κ3) is 1.66. The maximum absolute atomic E-state index is 10.8. The van der Waals surface area contributed by atoms with E-state index < -0.39 is 11.9 Å². The van der Waals surface area contributed by atoms with Crippen LogP contribution in [-0.4, -0.2) is 16.1 Å². The van der Waals surface area contributed by atoms with Gasteiger partial charge in [-0.3, -0.25) is 4.79 Å². The number of anilines is 1. The van der Waals surface area contributed by atoms with Crippen LogP contribution in [0, 0.1) is 0 Å². The highest BCUT2D eigenvalue weighted by molar-refractivity contribution is 5.85. The van der Waals surface area contributed by atoms with Gasteiger partial charge in [-0.15, -0.1) is 0 Å². The number of carboxylic acid groups (broad SMARTS) is 1. The Morgan fingerprint density at radius 2 is 2.20 bits per heavy atom. The van der Waals surface area contributed by atoms with E-state index in [1.807, 2.05) is 18.2 Å². The summed E-state index contributed by atoms with van der Waals surface area (Å²) in [5.41, 5.74) is 7.92. The number of carbonyl (C=O) groups is 1. The van der Waals surface area contributed by atoms with Crippen LogP contribution in [0.1, 0.15) is 18.5 Å². The van der Waals surface area contributed by atoms with Gasteiger partial charge < -0.3 is 15.8 Å². The highest BCUT2D eigenvalue weighted by Crippen LogP contribution is 2.23. The summed E-state index contributed by atoms with van der Waals surface area (Å²) in [5, 5.41) is 9.81. The molecular weight excluding hydrogens is 192 g/mol. The fraction of sp³-hybridized carbons (Fsp3) is 0.182. The summed E-state index contributed by atoms with van der Waals surface area (Å²) in [7, 11) is 0. The molecule has 0 spiro atoms. The Morgan fingerprint density at radius 1 is 1.47 bits per heavy atom. The Hall–Kier alpha value is -1.97. The van der Waals surface area contributed by atoms with Gasteiger partial charge in [0, 0.05) is 22.3 Å². The van der Waals surface area contributed by atoms with Crippen LogP contribution in [0.4, 0.5) is 5.69 Å². The normalized spacial score (nSPS) is 12.9. The molecule has 1 atom stereocenters. The minimum Gasteiger partial charge on any atom is -0.481 e. The van der Waals surface area contributed by atoms with Crippen molar-refractivity contribution < 1.29 is 9.90 Å². The number of nitrogens with one attached hydrogen (secondary N) is 1. The van der Waals surface area contributed by atoms with Crippen LogP contribution in [-0.2, 0) is 4.79 Å². The minimum atomic E-state index is -0.838. The SMILES string of the molecule is CC(C(=O)O)c1cc2cc(N)ccc2[nH]1. The monoisotopic (exact) mass is 204 g/mol. The van der Waals surface area contributed by atoms with Gasteiger partial charge in [0.25, 0.3) is 0 Å². The van der Waals surface area contributed by atoms with E-state index in [1.54, 1.807) is 13.0 Å². The summed E-state index contributed by atoms with van der Waals surface area (Å²) in [4.78, 5) is 13.9. The minimum absolute atomic E-state index is 0.529. The van der Waals surface area contributed by atoms with Gasteiger partial charge in [0.1, 0.15) is 0 Å². The van der Waals surface area contributed by atoms with Crippen molar-refractivity contribution in [2.24, 2.45) is 0 Å². The van der Waals surface area contributed by atoms with Crippen LogP contribution in [0.3, 0.4) is 0 Å². The van der Waals surface area contributed by atoms with Crippen molar-refractivity contribution in [1.29, 1.82) is 0 Å². The predicted molar refractivity (Wildman–Crippen MR) is 58.8 cm³/mol. The fourth-order valence-electron chi connectivity index (χ4n) is 1.54. The molecule has 0 aliphatic carbocycles. The van der Waals surface area contributed by atoms with Crippen molar-refractivity contribution in [3.05, 3.63) is 30.0 Å². The average molecular weight is 204 g/mol. The summed E-state index contributed by atoms with van der Waals surface area (Å²) < 4.78 is 0. The smallest absolute Gasteiger partial charge is 0.312 e. The number of aromatic nitrogens is 1. The van der Waals surface area contributed by atoms with Gasteiger partial charge in [0.05, 0.1) is 5.92 Å². The summed E-state index contributed by atoms with van der Waals surface area (Å²) in [6, 6.07) is 7.28. The zero-order valence-corrected chi connectivity index (χ0v) is 8.32. The number of carboxylic acids is 1. The van der Waals surface area contributed by atoms with Crippen molar-refractivity contribution in [2.75, 3.05) is 5.73 Å². The maximum atomic E-state index is 10.8. The lowest BCUT2D eigenvalue weighted by molar-refractivity contribution is -0.138. The number of fused-ring (bicyclic) bond motifs is 1. The number of nitrogen functional groups attached to an aromatic ring is 1. The number of H-pyrrole nitrogens is 1. The molecule has 4 nitrogen and oxygen atoms in total. The largest absolute Gasteiger partial charge is 0.481 e. The second-order valence-corrected chi connectivity index (χ2v) is 3.63. The Labute approximate surface area is 86.7 Å². The van der Waals surface area contributed by atoms with Gasteiger partial charge in [-0.25, -0.2) is 0 Å². The van der Waals surface area contributed by atoms with E-state index in [1.165, 1.54) is 0 Å². The highest BCUT2D eigenvalue weighted by atomic mass is 16.4. The molecule has 15 heavy (non-hydrogen) atoms. The van der Waals surface area contributed by atoms with Gasteiger partial charge in [0.2, 0.25) is 0 Å². The van der Waals surface area contributed by atoms with Crippen LogP contribution in [0.15, 0.2) is 24.3 Å². The molecule has 0 aliphatic rings. The third-order valence-corrected chi connectivity index (χ3v) is 2.50. The lowest BCUT2D eigenvalue weighted by Gasteiger charge is -2.01. The molecule has 2 aromatic rings. The van der Waals surface area contributed by atoms with Crippen LogP contribution < -0.4 is 5.73 Å². The van der Waals surface area contributed by atoms with Gasteiger partial charge in [0.15, 0.2) is 0 Å². The molecule has 0 fully saturated rings. The zero-order chi connectivity index (χ0) is 11.0. The molecule has 1 aromatic carbocycles. The van der Waals surface area contributed by atoms with Gasteiger partial charge in [-0.05, 0) is 31.2 Å². The van der Waals surface area contributed by atoms with Gasteiger partial charge in [-0.2, -0.15) is 0 Å². The summed E-state index contributed by atoms with van der Waals surface area (Å²) in [6.45, 7) is 1.65. The lowest BCUT2D eigenvalue weighted by Crippen LogP contribution is -2.07. The molecule has 4 heteroatoms. The van der Waals surface area contributed by atoms with E-state index >= 15 is 0 Å². The summed E-state index contributed by atoms with van der Waals surface area (Å²) >= 11 is 0. The molecular formula is C11H12N2O2. The van der Waals surface area contributed by atoms with Crippen LogP contribution >= 0.6 is 0 Å². The first-order chi connectivity index (χ1) is 7.08. The number of hydrogen-bond acceptors (Lipinski definition) is 2. The van der Waals surface area contributed by atoms with E-state index in [9.17, 15) is 4.79 Å². The topological polar surface area (TPSA) is 79.1 Å². The van der Waals surface area contributed by atoms with E-state index in [-0.39, 0.29) is 0 Å². The Balaban J connectivity index is 2.51. The van der Waals surface area contributed by atoms with Crippen LogP contribution in [0.25, 0.3) is 10.9 Å². The molecule has 0 aliphatic heterocycles. The molecule has 4 N–H and O–H groups in total. The van der Waals surface area contributed by atoms with Crippen molar-refractivity contribution in [3.63, 3.8) is 0 Å². The fourth-order valence-corrected chi connectivity index (χ4v) is 1.54. The molecule has 0 radical (unpaired) electrons. The molecule has 78 valence electrons. The first-order valence-electron chi connectivity index (χ1n) is 4.69. The molecule has 1 aromatic heterocycles. The second kappa shape index (κ2) is 3.31. The summed E-state index contributed by atoms with van der Waals surface area (Å²) in [6.07, 6.45) is 0. The maximum Gasteiger partial charge on any atom is 0.312 e. The number of rotatable bonds is 2. The quantitative estimate of drug-likeness (QED) is 0.654. The molecule has 1 unspecified atom stereocenters.